The van der Waals surface area contributed by atoms with Crippen molar-refractivity contribution in [3.63, 3.8) is 0 Å². The Balaban J connectivity index is 1.80. The Kier molecular flexibility index (Phi) is 8.69. The van der Waals surface area contributed by atoms with Gasteiger partial charge in [0.25, 0.3) is 5.91 Å². The summed E-state index contributed by atoms with van der Waals surface area (Å²) >= 11 is 0. The SMILES string of the molecule is CCCOc1cccc(C=NNC(=O)C(C)NC(=O)Cc2ccc(OC)cc2)c1. The maximum Gasteiger partial charge on any atom is 0.262 e. The average molecular weight is 397 g/mol. The lowest BCUT2D eigenvalue weighted by atomic mass is 10.1. The number of hydrazone groups is 1. The van der Waals surface area contributed by atoms with E-state index in [-0.39, 0.29) is 12.3 Å². The molecule has 2 N–H and O–H groups in total. The fourth-order valence-corrected chi connectivity index (χ4v) is 2.46. The highest BCUT2D eigenvalue weighted by Crippen LogP contribution is 2.12. The molecule has 29 heavy (non-hydrogen) atoms. The summed E-state index contributed by atoms with van der Waals surface area (Å²) in [5.74, 6) is 0.828. The van der Waals surface area contributed by atoms with Crippen molar-refractivity contribution >= 4 is 18.0 Å². The Morgan fingerprint density at radius 2 is 1.90 bits per heavy atom. The molecule has 154 valence electrons. The number of ether oxygens (including phenoxy) is 2. The number of hydrogen-bond acceptors (Lipinski definition) is 5. The van der Waals surface area contributed by atoms with E-state index < -0.39 is 11.9 Å². The minimum atomic E-state index is -0.711. The van der Waals surface area contributed by atoms with Crippen molar-refractivity contribution in [2.24, 2.45) is 5.10 Å². The van der Waals surface area contributed by atoms with Crippen molar-refractivity contribution in [1.29, 1.82) is 0 Å². The van der Waals surface area contributed by atoms with Gasteiger partial charge in [0, 0.05) is 0 Å². The van der Waals surface area contributed by atoms with Crippen LogP contribution in [0, 0.1) is 0 Å². The third-order valence-corrected chi connectivity index (χ3v) is 4.01. The minimum Gasteiger partial charge on any atom is -0.497 e. The molecule has 0 radical (unpaired) electrons. The fraction of sp³-hybridized carbons (Fsp3) is 0.318. The Morgan fingerprint density at radius 1 is 1.14 bits per heavy atom. The number of methoxy groups -OCH3 is 1. The summed E-state index contributed by atoms with van der Waals surface area (Å²) in [5.41, 5.74) is 4.07. The summed E-state index contributed by atoms with van der Waals surface area (Å²) in [6.07, 6.45) is 2.63. The molecule has 0 fully saturated rings. The van der Waals surface area contributed by atoms with Crippen LogP contribution in [-0.4, -0.2) is 37.8 Å². The van der Waals surface area contributed by atoms with Crippen LogP contribution in [-0.2, 0) is 16.0 Å². The second kappa shape index (κ2) is 11.5. The highest BCUT2D eigenvalue weighted by atomic mass is 16.5. The summed E-state index contributed by atoms with van der Waals surface area (Å²) in [4.78, 5) is 24.3. The molecule has 1 atom stereocenters. The van der Waals surface area contributed by atoms with Gasteiger partial charge in [-0.25, -0.2) is 5.43 Å². The second-order valence-electron chi connectivity index (χ2n) is 6.47. The molecule has 7 nitrogen and oxygen atoms in total. The van der Waals surface area contributed by atoms with Crippen molar-refractivity contribution in [3.05, 3.63) is 59.7 Å². The lowest BCUT2D eigenvalue weighted by molar-refractivity contribution is -0.128. The first-order valence-electron chi connectivity index (χ1n) is 9.50. The Morgan fingerprint density at radius 3 is 2.59 bits per heavy atom. The van der Waals surface area contributed by atoms with Gasteiger partial charge in [-0.15, -0.1) is 0 Å². The number of nitrogens with one attached hydrogen (secondary N) is 2. The van der Waals surface area contributed by atoms with Crippen LogP contribution in [0.1, 0.15) is 31.4 Å². The van der Waals surface area contributed by atoms with E-state index in [0.717, 1.165) is 29.0 Å². The molecule has 0 aliphatic carbocycles. The largest absolute Gasteiger partial charge is 0.497 e. The molecule has 0 saturated carbocycles. The molecule has 0 spiro atoms. The third kappa shape index (κ3) is 7.65. The molecule has 0 aliphatic rings. The summed E-state index contributed by atoms with van der Waals surface area (Å²) in [6.45, 7) is 4.29. The summed E-state index contributed by atoms with van der Waals surface area (Å²) in [5, 5.41) is 6.61. The normalized spacial score (nSPS) is 11.7. The smallest absolute Gasteiger partial charge is 0.262 e. The number of amides is 2. The first kappa shape index (κ1) is 21.9. The molecule has 7 heteroatoms. The van der Waals surface area contributed by atoms with Crippen LogP contribution >= 0.6 is 0 Å². The van der Waals surface area contributed by atoms with Crippen LogP contribution < -0.4 is 20.2 Å². The molecular weight excluding hydrogens is 370 g/mol. The molecule has 1 unspecified atom stereocenters. The maximum absolute atomic E-state index is 12.1. The highest BCUT2D eigenvalue weighted by Gasteiger charge is 2.15. The number of hydrogen-bond donors (Lipinski definition) is 2. The third-order valence-electron chi connectivity index (χ3n) is 4.01. The van der Waals surface area contributed by atoms with Crippen molar-refractivity contribution in [1.82, 2.24) is 10.7 Å². The van der Waals surface area contributed by atoms with Gasteiger partial charge in [-0.3, -0.25) is 9.59 Å². The molecule has 0 aromatic heterocycles. The first-order chi connectivity index (χ1) is 14.0. The van der Waals surface area contributed by atoms with E-state index in [0.29, 0.717) is 6.61 Å². The van der Waals surface area contributed by atoms with Gasteiger partial charge in [-0.05, 0) is 48.7 Å². The number of carbonyl (C=O) groups excluding carboxylic acids is 2. The predicted molar refractivity (Wildman–Crippen MR) is 112 cm³/mol. The van der Waals surface area contributed by atoms with Gasteiger partial charge in [0.05, 0.1) is 26.4 Å². The molecule has 0 bridgehead atoms. The summed E-state index contributed by atoms with van der Waals surface area (Å²) < 4.78 is 10.7. The summed E-state index contributed by atoms with van der Waals surface area (Å²) in [7, 11) is 1.58. The van der Waals surface area contributed by atoms with E-state index in [1.54, 1.807) is 26.2 Å². The van der Waals surface area contributed by atoms with E-state index in [2.05, 4.69) is 15.8 Å². The Hall–Kier alpha value is -3.35. The van der Waals surface area contributed by atoms with Gasteiger partial charge in [-0.1, -0.05) is 31.2 Å². The topological polar surface area (TPSA) is 89.0 Å². The number of carbonyl (C=O) groups is 2. The van der Waals surface area contributed by atoms with E-state index in [9.17, 15) is 9.59 Å². The fourth-order valence-electron chi connectivity index (χ4n) is 2.46. The first-order valence-corrected chi connectivity index (χ1v) is 9.50. The number of nitrogens with zero attached hydrogens (tertiary/aromatic N) is 1. The monoisotopic (exact) mass is 397 g/mol. The van der Waals surface area contributed by atoms with E-state index in [1.807, 2.05) is 43.3 Å². The minimum absolute atomic E-state index is 0.176. The van der Waals surface area contributed by atoms with Crippen LogP contribution in [0.15, 0.2) is 53.6 Å². The molecule has 0 heterocycles. The molecule has 0 saturated heterocycles. The highest BCUT2D eigenvalue weighted by molar-refractivity contribution is 5.89. The standard InChI is InChI=1S/C22H27N3O4/c1-4-12-29-20-7-5-6-18(13-20)15-23-25-22(27)16(2)24-21(26)14-17-8-10-19(28-3)11-9-17/h5-11,13,15-16H,4,12,14H2,1-3H3,(H,24,26)(H,25,27). The zero-order chi connectivity index (χ0) is 21.1. The molecule has 0 aliphatic heterocycles. The van der Waals surface area contributed by atoms with Gasteiger partial charge in [-0.2, -0.15) is 5.10 Å². The lowest BCUT2D eigenvalue weighted by Crippen LogP contribution is -2.43. The van der Waals surface area contributed by atoms with E-state index >= 15 is 0 Å². The second-order valence-corrected chi connectivity index (χ2v) is 6.47. The van der Waals surface area contributed by atoms with Crippen molar-refractivity contribution in [2.75, 3.05) is 13.7 Å². The molecule has 2 aromatic carbocycles. The van der Waals surface area contributed by atoms with Crippen molar-refractivity contribution in [3.8, 4) is 11.5 Å². The van der Waals surface area contributed by atoms with Gasteiger partial charge in [0.2, 0.25) is 5.91 Å². The van der Waals surface area contributed by atoms with Crippen LogP contribution in [0.5, 0.6) is 11.5 Å². The summed E-state index contributed by atoms with van der Waals surface area (Å²) in [6, 6.07) is 13.9. The number of benzene rings is 2. The maximum atomic E-state index is 12.1. The van der Waals surface area contributed by atoms with Crippen molar-refractivity contribution < 1.29 is 19.1 Å². The Labute approximate surface area is 171 Å². The molecule has 2 aromatic rings. The Bertz CT molecular complexity index is 834. The van der Waals surface area contributed by atoms with Crippen LogP contribution in [0.2, 0.25) is 0 Å². The zero-order valence-electron chi connectivity index (χ0n) is 17.0. The molecular formula is C22H27N3O4. The van der Waals surface area contributed by atoms with Crippen LogP contribution in [0.25, 0.3) is 0 Å². The average Bonchev–Trinajstić information content (AvgIpc) is 2.73. The predicted octanol–water partition coefficient (Wildman–Crippen LogP) is 2.68. The van der Waals surface area contributed by atoms with Gasteiger partial charge in [0.1, 0.15) is 17.5 Å². The zero-order valence-corrected chi connectivity index (χ0v) is 17.0. The quantitative estimate of drug-likeness (QED) is 0.477. The van der Waals surface area contributed by atoms with E-state index in [1.165, 1.54) is 6.21 Å². The van der Waals surface area contributed by atoms with E-state index in [4.69, 9.17) is 9.47 Å². The van der Waals surface area contributed by atoms with Gasteiger partial charge >= 0.3 is 0 Å². The number of rotatable bonds is 10. The lowest BCUT2D eigenvalue weighted by Gasteiger charge is -2.12. The molecule has 2 amide bonds. The van der Waals surface area contributed by atoms with Crippen molar-refractivity contribution in [2.45, 2.75) is 32.7 Å². The molecule has 2 rings (SSSR count). The van der Waals surface area contributed by atoms with Crippen LogP contribution in [0.3, 0.4) is 0 Å². The van der Waals surface area contributed by atoms with Gasteiger partial charge < -0.3 is 14.8 Å². The van der Waals surface area contributed by atoms with Gasteiger partial charge in [0.15, 0.2) is 0 Å². The van der Waals surface area contributed by atoms with Crippen LogP contribution in [0.4, 0.5) is 0 Å².